The molecule has 0 saturated carbocycles. The molecule has 164 valence electrons. The minimum absolute atomic E-state index is 0.114. The van der Waals surface area contributed by atoms with Crippen LogP contribution in [0.1, 0.15) is 29.2 Å². The largest absolute Gasteiger partial charge is 0.467 e. The van der Waals surface area contributed by atoms with Gasteiger partial charge in [-0.1, -0.05) is 41.6 Å². The Labute approximate surface area is 176 Å². The fourth-order valence-electron chi connectivity index (χ4n) is 2.95. The Hall–Kier alpha value is -3.56. The molecule has 0 aliphatic heterocycles. The number of aryl methyl sites for hydroxylation is 1. The van der Waals surface area contributed by atoms with Crippen LogP contribution in [-0.2, 0) is 31.2 Å². The van der Waals surface area contributed by atoms with Crippen molar-refractivity contribution < 1.29 is 22.7 Å². The van der Waals surface area contributed by atoms with Gasteiger partial charge in [0.1, 0.15) is 6.61 Å². The predicted octanol–water partition coefficient (Wildman–Crippen LogP) is 3.60. The Balaban J connectivity index is 1.69. The van der Waals surface area contributed by atoms with Gasteiger partial charge in [-0.3, -0.25) is 0 Å². The number of ether oxygens (including phenoxy) is 1. The van der Waals surface area contributed by atoms with Crippen LogP contribution in [0.2, 0.25) is 0 Å². The van der Waals surface area contributed by atoms with Crippen molar-refractivity contribution in [2.75, 3.05) is 7.11 Å². The van der Waals surface area contributed by atoms with Gasteiger partial charge in [-0.05, 0) is 35.7 Å². The van der Waals surface area contributed by atoms with Gasteiger partial charge in [-0.15, -0.1) is 5.10 Å². The van der Waals surface area contributed by atoms with Crippen molar-refractivity contribution in [1.82, 2.24) is 14.3 Å². The monoisotopic (exact) mass is 434 g/mol. The summed E-state index contributed by atoms with van der Waals surface area (Å²) in [5.74, 6) is 0. The summed E-state index contributed by atoms with van der Waals surface area (Å²) in [5.41, 5.74) is 1.22. The highest BCUT2D eigenvalue weighted by molar-refractivity contribution is 5.98. The Morgan fingerprint density at radius 3 is 2.55 bits per heavy atom. The van der Waals surface area contributed by atoms with Crippen LogP contribution in [0.25, 0.3) is 0 Å². The molecule has 0 atom stereocenters. The van der Waals surface area contributed by atoms with Gasteiger partial charge in [0.25, 0.3) is 0 Å². The second-order valence-corrected chi connectivity index (χ2v) is 6.83. The second-order valence-electron chi connectivity index (χ2n) is 6.83. The molecular weight excluding hydrogens is 413 g/mol. The van der Waals surface area contributed by atoms with Crippen LogP contribution < -0.4 is 10.4 Å². The van der Waals surface area contributed by atoms with Gasteiger partial charge < -0.3 is 9.57 Å². The number of aromatic nitrogens is 3. The molecule has 1 heterocycles. The third-order valence-electron chi connectivity index (χ3n) is 4.53. The average Bonchev–Trinajstić information content (AvgIpc) is 3.01. The van der Waals surface area contributed by atoms with E-state index in [0.717, 1.165) is 23.3 Å². The van der Waals surface area contributed by atoms with Gasteiger partial charge in [0.2, 0.25) is 0 Å². The average molecular weight is 434 g/mol. The van der Waals surface area contributed by atoms with Crippen LogP contribution in [0.3, 0.4) is 0 Å². The number of benzene rings is 2. The Kier molecular flexibility index (Phi) is 6.47. The highest BCUT2D eigenvalue weighted by Crippen LogP contribution is 2.29. The number of nitrogens with zero attached hydrogens (tertiary/aromatic N) is 4. The maximum absolute atomic E-state index is 12.9. The number of rotatable bonds is 7. The highest BCUT2D eigenvalue weighted by Gasteiger charge is 2.30. The molecule has 0 radical (unpaired) electrons. The molecular formula is C21H21F3N4O3. The summed E-state index contributed by atoms with van der Waals surface area (Å²) in [7, 11) is 2.98. The maximum Gasteiger partial charge on any atom is 0.416 e. The highest BCUT2D eigenvalue weighted by atomic mass is 19.4. The van der Waals surface area contributed by atoms with E-state index < -0.39 is 11.7 Å². The number of oxime groups is 1. The molecule has 1 aromatic heterocycles. The normalized spacial score (nSPS) is 12.1. The summed E-state index contributed by atoms with van der Waals surface area (Å²) in [6.07, 6.45) is -4.42. The Morgan fingerprint density at radius 2 is 1.84 bits per heavy atom. The van der Waals surface area contributed by atoms with E-state index in [0.29, 0.717) is 11.3 Å². The molecule has 0 saturated heterocycles. The van der Waals surface area contributed by atoms with E-state index in [1.165, 1.54) is 35.5 Å². The molecule has 0 N–H and O–H groups in total. The fraction of sp³-hybridized carbons (Fsp3) is 0.286. The Bertz CT molecular complexity index is 1150. The van der Waals surface area contributed by atoms with Crippen molar-refractivity contribution in [3.05, 3.63) is 81.3 Å². The first-order valence-electron chi connectivity index (χ1n) is 9.29. The third kappa shape index (κ3) is 5.33. The van der Waals surface area contributed by atoms with Crippen molar-refractivity contribution in [1.29, 1.82) is 0 Å². The van der Waals surface area contributed by atoms with Crippen molar-refractivity contribution in [2.24, 2.45) is 12.2 Å². The van der Waals surface area contributed by atoms with Gasteiger partial charge in [-0.2, -0.15) is 13.2 Å². The maximum atomic E-state index is 12.9. The summed E-state index contributed by atoms with van der Waals surface area (Å²) in [4.78, 5) is 17.5. The lowest BCUT2D eigenvalue weighted by molar-refractivity contribution is -0.137. The van der Waals surface area contributed by atoms with Crippen LogP contribution in [0.5, 0.6) is 6.01 Å². The topological polar surface area (TPSA) is 70.6 Å². The van der Waals surface area contributed by atoms with Crippen LogP contribution in [0, 0.1) is 0 Å². The van der Waals surface area contributed by atoms with Crippen LogP contribution in [0.4, 0.5) is 13.2 Å². The van der Waals surface area contributed by atoms with E-state index in [-0.39, 0.29) is 24.9 Å². The number of halogens is 3. The molecule has 0 amide bonds. The minimum atomic E-state index is -4.42. The molecule has 0 aliphatic carbocycles. The molecule has 0 aliphatic rings. The third-order valence-corrected chi connectivity index (χ3v) is 4.53. The van der Waals surface area contributed by atoms with Crippen molar-refractivity contribution in [3.8, 4) is 6.01 Å². The van der Waals surface area contributed by atoms with E-state index in [9.17, 15) is 18.0 Å². The van der Waals surface area contributed by atoms with Gasteiger partial charge in [0.15, 0.2) is 0 Å². The molecule has 0 fully saturated rings. The molecule has 3 aromatic rings. The molecule has 10 heteroatoms. The number of methoxy groups -OCH3 is 1. The molecule has 2 aromatic carbocycles. The summed E-state index contributed by atoms with van der Waals surface area (Å²) in [6.45, 7) is 1.95. The van der Waals surface area contributed by atoms with Crippen molar-refractivity contribution in [3.63, 3.8) is 0 Å². The zero-order chi connectivity index (χ0) is 22.6. The molecule has 31 heavy (non-hydrogen) atoms. The number of hydrogen-bond acceptors (Lipinski definition) is 5. The van der Waals surface area contributed by atoms with Crippen LogP contribution in [-0.4, -0.2) is 27.2 Å². The number of alkyl halides is 3. The minimum Gasteiger partial charge on any atom is -0.467 e. The van der Waals surface area contributed by atoms with Gasteiger partial charge in [0, 0.05) is 7.05 Å². The van der Waals surface area contributed by atoms with Gasteiger partial charge in [0.05, 0.1) is 24.9 Å². The predicted molar refractivity (Wildman–Crippen MR) is 108 cm³/mol. The first-order valence-corrected chi connectivity index (χ1v) is 9.29. The van der Waals surface area contributed by atoms with Gasteiger partial charge in [-0.25, -0.2) is 14.0 Å². The number of hydrogen-bond donors (Lipinski definition) is 0. The summed E-state index contributed by atoms with van der Waals surface area (Å²) >= 11 is 0. The first-order chi connectivity index (χ1) is 14.7. The standard InChI is InChI=1S/C21H21F3N4O3/c1-14(17-8-5-9-18(11-17)21(22,23)24)26-31-13-16-7-4-6-15(10-16)12-28-19(30-3)25-27(2)20(28)29/h4-11H,12-13H2,1-3H3/b26-14+. The van der Waals surface area contributed by atoms with E-state index in [2.05, 4.69) is 10.3 Å². The van der Waals surface area contributed by atoms with Crippen LogP contribution in [0.15, 0.2) is 58.5 Å². The van der Waals surface area contributed by atoms with Crippen molar-refractivity contribution >= 4 is 5.71 Å². The lowest BCUT2D eigenvalue weighted by atomic mass is 10.1. The van der Waals surface area contributed by atoms with E-state index in [4.69, 9.17) is 9.57 Å². The molecule has 0 unspecified atom stereocenters. The SMILES string of the molecule is COc1nn(C)c(=O)n1Cc1cccc(CO/N=C(\C)c2cccc(C(F)(F)F)c2)c1. The smallest absolute Gasteiger partial charge is 0.416 e. The molecule has 0 bridgehead atoms. The Morgan fingerprint density at radius 1 is 1.13 bits per heavy atom. The molecule has 3 rings (SSSR count). The zero-order valence-corrected chi connectivity index (χ0v) is 17.2. The zero-order valence-electron chi connectivity index (χ0n) is 17.2. The molecule has 0 spiro atoms. The lowest BCUT2D eigenvalue weighted by Crippen LogP contribution is -2.23. The van der Waals surface area contributed by atoms with Crippen molar-refractivity contribution in [2.45, 2.75) is 26.3 Å². The summed E-state index contributed by atoms with van der Waals surface area (Å²) in [5, 5.41) is 7.93. The second kappa shape index (κ2) is 9.07. The molecule has 7 nitrogen and oxygen atoms in total. The lowest BCUT2D eigenvalue weighted by Gasteiger charge is -2.09. The summed E-state index contributed by atoms with van der Waals surface area (Å²) in [6, 6.07) is 12.4. The van der Waals surface area contributed by atoms with Crippen LogP contribution >= 0.6 is 0 Å². The van der Waals surface area contributed by atoms with E-state index in [1.54, 1.807) is 6.92 Å². The quantitative estimate of drug-likeness (QED) is 0.421. The van der Waals surface area contributed by atoms with E-state index >= 15 is 0 Å². The summed E-state index contributed by atoms with van der Waals surface area (Å²) < 4.78 is 46.3. The first kappa shape index (κ1) is 22.1. The van der Waals surface area contributed by atoms with Gasteiger partial charge >= 0.3 is 17.9 Å². The fourth-order valence-corrected chi connectivity index (χ4v) is 2.95. The van der Waals surface area contributed by atoms with E-state index in [1.807, 2.05) is 24.3 Å².